The predicted molar refractivity (Wildman–Crippen MR) is 56.2 cm³/mol. The molecule has 4 nitrogen and oxygen atoms in total. The summed E-state index contributed by atoms with van der Waals surface area (Å²) < 4.78 is 0. The maximum absolute atomic E-state index is 5.47. The third-order valence-corrected chi connectivity index (χ3v) is 1.74. The van der Waals surface area contributed by atoms with Crippen LogP contribution in [0.4, 0.5) is 17.2 Å². The van der Waals surface area contributed by atoms with Gasteiger partial charge in [-0.15, -0.1) is 0 Å². The molecule has 0 unspecified atom stereocenters. The minimum atomic E-state index is 0.515. The van der Waals surface area contributed by atoms with Crippen molar-refractivity contribution < 1.29 is 0 Å². The molecule has 2 heterocycles. The van der Waals surface area contributed by atoms with Gasteiger partial charge in [-0.1, -0.05) is 0 Å². The third kappa shape index (κ3) is 1.98. The lowest BCUT2D eigenvalue weighted by atomic mass is 10.3. The summed E-state index contributed by atoms with van der Waals surface area (Å²) >= 11 is 0. The molecule has 0 bridgehead atoms. The fraction of sp³-hybridized carbons (Fsp3) is 0. The van der Waals surface area contributed by atoms with Crippen molar-refractivity contribution in [3.63, 3.8) is 0 Å². The van der Waals surface area contributed by atoms with Gasteiger partial charge in [0.2, 0.25) is 0 Å². The number of anilines is 3. The van der Waals surface area contributed by atoms with Crippen molar-refractivity contribution >= 4 is 17.2 Å². The first kappa shape index (κ1) is 8.50. The fourth-order valence-corrected chi connectivity index (χ4v) is 1.08. The van der Waals surface area contributed by atoms with Gasteiger partial charge in [0, 0.05) is 6.20 Å². The smallest absolute Gasteiger partial charge is 0.123 e. The molecule has 0 aliphatic carbocycles. The molecule has 0 aliphatic heterocycles. The normalized spacial score (nSPS) is 9.71. The van der Waals surface area contributed by atoms with Crippen LogP contribution in [0.15, 0.2) is 42.9 Å². The number of nitrogens with two attached hydrogens (primary N) is 1. The SMILES string of the molecule is Nc1ccc(Nc2cccnc2)cn1. The maximum atomic E-state index is 5.47. The summed E-state index contributed by atoms with van der Waals surface area (Å²) in [5.74, 6) is 0.515. The summed E-state index contributed by atoms with van der Waals surface area (Å²) in [6.45, 7) is 0. The van der Waals surface area contributed by atoms with E-state index in [2.05, 4.69) is 15.3 Å². The van der Waals surface area contributed by atoms with Crippen molar-refractivity contribution in [3.8, 4) is 0 Å². The average Bonchev–Trinajstić information content (AvgIpc) is 2.23. The largest absolute Gasteiger partial charge is 0.384 e. The van der Waals surface area contributed by atoms with Crippen LogP contribution in [0.1, 0.15) is 0 Å². The molecule has 2 aromatic heterocycles. The first-order valence-electron chi connectivity index (χ1n) is 4.23. The first-order valence-corrected chi connectivity index (χ1v) is 4.23. The van der Waals surface area contributed by atoms with Gasteiger partial charge < -0.3 is 11.1 Å². The standard InChI is InChI=1S/C10H10N4/c11-10-4-3-9(7-13-10)14-8-2-1-5-12-6-8/h1-7,14H,(H2,11,13). The third-order valence-electron chi connectivity index (χ3n) is 1.74. The van der Waals surface area contributed by atoms with E-state index in [0.717, 1.165) is 11.4 Å². The molecule has 70 valence electrons. The van der Waals surface area contributed by atoms with Crippen LogP contribution in [0.2, 0.25) is 0 Å². The van der Waals surface area contributed by atoms with Gasteiger partial charge >= 0.3 is 0 Å². The Labute approximate surface area is 81.8 Å². The Balaban J connectivity index is 2.16. The molecule has 4 heteroatoms. The van der Waals surface area contributed by atoms with Crippen molar-refractivity contribution in [3.05, 3.63) is 42.9 Å². The van der Waals surface area contributed by atoms with Crippen molar-refractivity contribution in [1.82, 2.24) is 9.97 Å². The number of pyridine rings is 2. The lowest BCUT2D eigenvalue weighted by molar-refractivity contribution is 1.30. The van der Waals surface area contributed by atoms with E-state index in [1.807, 2.05) is 18.2 Å². The van der Waals surface area contributed by atoms with Crippen LogP contribution in [0.25, 0.3) is 0 Å². The Hall–Kier alpha value is -2.10. The molecular formula is C10H10N4. The Morgan fingerprint density at radius 2 is 1.93 bits per heavy atom. The van der Waals surface area contributed by atoms with Crippen LogP contribution in [0, 0.1) is 0 Å². The zero-order valence-electron chi connectivity index (χ0n) is 7.51. The number of aromatic nitrogens is 2. The molecule has 2 rings (SSSR count). The molecule has 0 saturated carbocycles. The van der Waals surface area contributed by atoms with Crippen molar-refractivity contribution in [2.75, 3.05) is 11.1 Å². The Morgan fingerprint density at radius 3 is 2.57 bits per heavy atom. The van der Waals surface area contributed by atoms with Gasteiger partial charge in [-0.05, 0) is 24.3 Å². The second-order valence-electron chi connectivity index (χ2n) is 2.84. The number of nitrogens with one attached hydrogen (secondary N) is 1. The molecule has 0 aromatic carbocycles. The topological polar surface area (TPSA) is 63.8 Å². The summed E-state index contributed by atoms with van der Waals surface area (Å²) in [5, 5.41) is 3.15. The molecule has 0 saturated heterocycles. The molecular weight excluding hydrogens is 176 g/mol. The second-order valence-corrected chi connectivity index (χ2v) is 2.84. The van der Waals surface area contributed by atoms with E-state index >= 15 is 0 Å². The number of hydrogen-bond acceptors (Lipinski definition) is 4. The fourth-order valence-electron chi connectivity index (χ4n) is 1.08. The Kier molecular flexibility index (Phi) is 2.27. The van der Waals surface area contributed by atoms with E-state index < -0.39 is 0 Å². The number of nitrogen functional groups attached to an aromatic ring is 1. The van der Waals surface area contributed by atoms with Gasteiger partial charge in [0.15, 0.2) is 0 Å². The van der Waals surface area contributed by atoms with Gasteiger partial charge in [0.1, 0.15) is 5.82 Å². The molecule has 0 aliphatic rings. The highest BCUT2D eigenvalue weighted by molar-refractivity contribution is 5.58. The van der Waals surface area contributed by atoms with Crippen LogP contribution in [-0.2, 0) is 0 Å². The van der Waals surface area contributed by atoms with Gasteiger partial charge in [-0.2, -0.15) is 0 Å². The molecule has 0 radical (unpaired) electrons. The van der Waals surface area contributed by atoms with Crippen molar-refractivity contribution in [2.24, 2.45) is 0 Å². The molecule has 2 aromatic rings. The summed E-state index contributed by atoms with van der Waals surface area (Å²) in [4.78, 5) is 7.96. The summed E-state index contributed by atoms with van der Waals surface area (Å²) in [6, 6.07) is 7.42. The van der Waals surface area contributed by atoms with Crippen molar-refractivity contribution in [2.45, 2.75) is 0 Å². The van der Waals surface area contributed by atoms with Crippen LogP contribution in [0.5, 0.6) is 0 Å². The van der Waals surface area contributed by atoms with Gasteiger partial charge in [0.25, 0.3) is 0 Å². The molecule has 0 amide bonds. The molecule has 0 spiro atoms. The lowest BCUT2D eigenvalue weighted by Crippen LogP contribution is -1.93. The zero-order chi connectivity index (χ0) is 9.80. The minimum Gasteiger partial charge on any atom is -0.384 e. The van der Waals surface area contributed by atoms with Crippen molar-refractivity contribution in [1.29, 1.82) is 0 Å². The van der Waals surface area contributed by atoms with E-state index in [1.165, 1.54) is 0 Å². The maximum Gasteiger partial charge on any atom is 0.123 e. The Morgan fingerprint density at radius 1 is 1.07 bits per heavy atom. The highest BCUT2D eigenvalue weighted by atomic mass is 14.9. The van der Waals surface area contributed by atoms with E-state index in [1.54, 1.807) is 24.7 Å². The van der Waals surface area contributed by atoms with Crippen LogP contribution >= 0.6 is 0 Å². The minimum absolute atomic E-state index is 0.515. The monoisotopic (exact) mass is 186 g/mol. The predicted octanol–water partition coefficient (Wildman–Crippen LogP) is 1.80. The van der Waals surface area contributed by atoms with E-state index in [9.17, 15) is 0 Å². The van der Waals surface area contributed by atoms with Crippen LogP contribution in [0.3, 0.4) is 0 Å². The first-order chi connectivity index (χ1) is 6.84. The van der Waals surface area contributed by atoms with Crippen LogP contribution in [-0.4, -0.2) is 9.97 Å². The van der Waals surface area contributed by atoms with Gasteiger partial charge in [-0.3, -0.25) is 4.98 Å². The average molecular weight is 186 g/mol. The molecule has 0 atom stereocenters. The molecule has 14 heavy (non-hydrogen) atoms. The van der Waals surface area contributed by atoms with Crippen LogP contribution < -0.4 is 11.1 Å². The van der Waals surface area contributed by atoms with E-state index in [4.69, 9.17) is 5.73 Å². The highest BCUT2D eigenvalue weighted by Gasteiger charge is 1.93. The number of nitrogens with zero attached hydrogens (tertiary/aromatic N) is 2. The number of rotatable bonds is 2. The summed E-state index contributed by atoms with van der Waals surface area (Å²) in [6.07, 6.45) is 5.16. The Bertz CT molecular complexity index is 396. The lowest BCUT2D eigenvalue weighted by Gasteiger charge is -2.04. The van der Waals surface area contributed by atoms with Gasteiger partial charge in [-0.25, -0.2) is 4.98 Å². The quantitative estimate of drug-likeness (QED) is 0.750. The molecule has 3 N–H and O–H groups in total. The highest BCUT2D eigenvalue weighted by Crippen LogP contribution is 2.14. The van der Waals surface area contributed by atoms with Gasteiger partial charge in [0.05, 0.1) is 23.8 Å². The number of hydrogen-bond donors (Lipinski definition) is 2. The summed E-state index contributed by atoms with van der Waals surface area (Å²) in [5.41, 5.74) is 7.29. The van der Waals surface area contributed by atoms with E-state index in [-0.39, 0.29) is 0 Å². The summed E-state index contributed by atoms with van der Waals surface area (Å²) in [7, 11) is 0. The zero-order valence-corrected chi connectivity index (χ0v) is 7.51. The molecule has 0 fully saturated rings. The van der Waals surface area contributed by atoms with E-state index in [0.29, 0.717) is 5.82 Å². The second kappa shape index (κ2) is 3.74.